The minimum atomic E-state index is -3.43. The Morgan fingerprint density at radius 2 is 1.95 bits per heavy atom. The van der Waals surface area contributed by atoms with E-state index >= 15 is 0 Å². The Balaban J connectivity index is 1.76. The fraction of sp³-hybridized carbons (Fsp3) is 0.733. The third-order valence-electron chi connectivity index (χ3n) is 4.66. The molecule has 0 N–H and O–H groups in total. The van der Waals surface area contributed by atoms with Crippen LogP contribution in [0.25, 0.3) is 0 Å². The largest absolute Gasteiger partial charge is 0.494 e. The van der Waals surface area contributed by atoms with Crippen LogP contribution < -0.4 is 4.74 Å². The topological polar surface area (TPSA) is 49.9 Å². The van der Waals surface area contributed by atoms with Crippen molar-refractivity contribution >= 4 is 21.4 Å². The molecule has 0 spiro atoms. The second kappa shape index (κ2) is 6.86. The van der Waals surface area contributed by atoms with Crippen LogP contribution in [0.5, 0.6) is 5.75 Å². The zero-order valence-electron chi connectivity index (χ0n) is 13.0. The van der Waals surface area contributed by atoms with Crippen molar-refractivity contribution in [1.29, 1.82) is 0 Å². The highest BCUT2D eigenvalue weighted by atomic mass is 32.2. The lowest BCUT2D eigenvalue weighted by Crippen LogP contribution is -2.50. The summed E-state index contributed by atoms with van der Waals surface area (Å²) >= 11 is 1.24. The van der Waals surface area contributed by atoms with Gasteiger partial charge in [-0.25, -0.2) is 8.42 Å². The van der Waals surface area contributed by atoms with Gasteiger partial charge in [-0.1, -0.05) is 6.42 Å². The normalized spacial score (nSPS) is 25.2. The number of likely N-dealkylation sites (tertiary alicyclic amines) is 1. The molecule has 0 radical (unpaired) electrons. The summed E-state index contributed by atoms with van der Waals surface area (Å²) in [7, 11) is -1.91. The first-order valence-corrected chi connectivity index (χ1v) is 10.3. The van der Waals surface area contributed by atoms with E-state index in [4.69, 9.17) is 4.74 Å². The average Bonchev–Trinajstić information content (AvgIpc) is 3.05. The standard InChI is InChI=1S/C15H24N2O3S2/c1-20-14-7-11-21-15(14)22(18,19)17-10-5-6-13(12-17)16-8-3-2-4-9-16/h7,11,13H,2-6,8-10,12H2,1H3. The number of nitrogens with zero attached hydrogens (tertiary/aromatic N) is 2. The maximum atomic E-state index is 12.9. The molecule has 5 nitrogen and oxygen atoms in total. The van der Waals surface area contributed by atoms with Crippen molar-refractivity contribution in [2.75, 3.05) is 33.3 Å². The van der Waals surface area contributed by atoms with Gasteiger partial charge in [0.25, 0.3) is 10.0 Å². The van der Waals surface area contributed by atoms with Crippen molar-refractivity contribution in [2.45, 2.75) is 42.4 Å². The van der Waals surface area contributed by atoms with Gasteiger partial charge in [0, 0.05) is 19.1 Å². The van der Waals surface area contributed by atoms with Gasteiger partial charge >= 0.3 is 0 Å². The van der Waals surface area contributed by atoms with Crippen molar-refractivity contribution in [3.8, 4) is 5.75 Å². The molecule has 0 aliphatic carbocycles. The fourth-order valence-electron chi connectivity index (χ4n) is 3.46. The number of hydrogen-bond acceptors (Lipinski definition) is 5. The van der Waals surface area contributed by atoms with E-state index in [-0.39, 0.29) is 0 Å². The lowest BCUT2D eigenvalue weighted by atomic mass is 10.0. The molecule has 1 aromatic heterocycles. The Hall–Kier alpha value is -0.630. The molecule has 2 fully saturated rings. The number of hydrogen-bond donors (Lipinski definition) is 0. The molecule has 0 bridgehead atoms. The molecule has 1 atom stereocenters. The molecule has 1 aromatic rings. The highest BCUT2D eigenvalue weighted by Crippen LogP contribution is 2.34. The van der Waals surface area contributed by atoms with Gasteiger partial charge in [-0.3, -0.25) is 4.90 Å². The second-order valence-corrected chi connectivity index (χ2v) is 9.08. The highest BCUT2D eigenvalue weighted by molar-refractivity contribution is 7.91. The third kappa shape index (κ3) is 3.18. The number of piperidine rings is 2. The molecule has 22 heavy (non-hydrogen) atoms. The first kappa shape index (κ1) is 16.2. The molecule has 0 saturated carbocycles. The van der Waals surface area contributed by atoms with Crippen LogP contribution in [-0.2, 0) is 10.0 Å². The minimum absolute atomic E-state index is 0.342. The molecule has 2 saturated heterocycles. The summed E-state index contributed by atoms with van der Waals surface area (Å²) in [4.78, 5) is 2.48. The summed E-state index contributed by atoms with van der Waals surface area (Å²) < 4.78 is 33.0. The van der Waals surface area contributed by atoms with E-state index in [9.17, 15) is 8.42 Å². The summed E-state index contributed by atoms with van der Waals surface area (Å²) in [5.41, 5.74) is 0. The summed E-state index contributed by atoms with van der Waals surface area (Å²) in [6, 6.07) is 2.10. The van der Waals surface area contributed by atoms with Crippen LogP contribution in [0, 0.1) is 0 Å². The zero-order valence-corrected chi connectivity index (χ0v) is 14.7. The molecular formula is C15H24N2O3S2. The van der Waals surface area contributed by atoms with Crippen LogP contribution in [0.2, 0.25) is 0 Å². The van der Waals surface area contributed by atoms with E-state index in [2.05, 4.69) is 4.90 Å². The first-order chi connectivity index (χ1) is 10.6. The van der Waals surface area contributed by atoms with Gasteiger partial charge in [0.15, 0.2) is 4.21 Å². The Morgan fingerprint density at radius 1 is 1.18 bits per heavy atom. The van der Waals surface area contributed by atoms with Crippen LogP contribution in [0.4, 0.5) is 0 Å². The maximum Gasteiger partial charge on any atom is 0.256 e. The predicted octanol–water partition coefficient (Wildman–Crippen LogP) is 2.40. The van der Waals surface area contributed by atoms with E-state index in [0.717, 1.165) is 25.9 Å². The molecule has 1 unspecified atom stereocenters. The number of thiophene rings is 1. The second-order valence-electron chi connectivity index (χ2n) is 6.03. The third-order valence-corrected chi connectivity index (χ3v) is 7.95. The van der Waals surface area contributed by atoms with E-state index < -0.39 is 10.0 Å². The van der Waals surface area contributed by atoms with Gasteiger partial charge in [-0.15, -0.1) is 11.3 Å². The SMILES string of the molecule is COc1ccsc1S(=O)(=O)N1CCCC(N2CCCCC2)C1. The zero-order chi connectivity index (χ0) is 15.6. The number of methoxy groups -OCH3 is 1. The molecule has 0 aromatic carbocycles. The smallest absolute Gasteiger partial charge is 0.256 e. The van der Waals surface area contributed by atoms with Crippen molar-refractivity contribution in [3.63, 3.8) is 0 Å². The molecule has 3 rings (SSSR count). The van der Waals surface area contributed by atoms with Gasteiger partial charge in [-0.2, -0.15) is 4.31 Å². The summed E-state index contributed by atoms with van der Waals surface area (Å²) in [6.07, 6.45) is 5.82. The molecule has 0 amide bonds. The highest BCUT2D eigenvalue weighted by Gasteiger charge is 2.35. The Bertz CT molecular complexity index is 594. The fourth-order valence-corrected chi connectivity index (χ4v) is 6.39. The number of rotatable bonds is 4. The summed E-state index contributed by atoms with van der Waals surface area (Å²) in [5, 5.41) is 1.78. The molecule has 2 aliphatic heterocycles. The monoisotopic (exact) mass is 344 g/mol. The van der Waals surface area contributed by atoms with Crippen LogP contribution in [-0.4, -0.2) is 57.0 Å². The minimum Gasteiger partial charge on any atom is -0.494 e. The van der Waals surface area contributed by atoms with Crippen LogP contribution in [0.15, 0.2) is 15.7 Å². The van der Waals surface area contributed by atoms with Crippen molar-refractivity contribution in [2.24, 2.45) is 0 Å². The van der Waals surface area contributed by atoms with Gasteiger partial charge in [-0.05, 0) is 50.2 Å². The molecular weight excluding hydrogens is 320 g/mol. The lowest BCUT2D eigenvalue weighted by molar-refractivity contribution is 0.114. The summed E-state index contributed by atoms with van der Waals surface area (Å²) in [6.45, 7) is 3.46. The molecule has 7 heteroatoms. The molecule has 124 valence electrons. The Labute approximate surface area is 136 Å². The maximum absolute atomic E-state index is 12.9. The van der Waals surface area contributed by atoms with E-state index in [0.29, 0.717) is 29.1 Å². The van der Waals surface area contributed by atoms with Crippen molar-refractivity contribution in [1.82, 2.24) is 9.21 Å². The lowest BCUT2D eigenvalue weighted by Gasteiger charge is -2.40. The van der Waals surface area contributed by atoms with E-state index in [1.54, 1.807) is 15.8 Å². The quantitative estimate of drug-likeness (QED) is 0.841. The number of sulfonamides is 1. The van der Waals surface area contributed by atoms with Crippen LogP contribution in [0.3, 0.4) is 0 Å². The molecule has 3 heterocycles. The van der Waals surface area contributed by atoms with Crippen LogP contribution in [0.1, 0.15) is 32.1 Å². The van der Waals surface area contributed by atoms with Crippen LogP contribution >= 0.6 is 11.3 Å². The van der Waals surface area contributed by atoms with Gasteiger partial charge in [0.2, 0.25) is 0 Å². The Morgan fingerprint density at radius 3 is 2.68 bits per heavy atom. The average molecular weight is 345 g/mol. The predicted molar refractivity (Wildman–Crippen MR) is 88.1 cm³/mol. The van der Waals surface area contributed by atoms with Crippen molar-refractivity contribution < 1.29 is 13.2 Å². The van der Waals surface area contributed by atoms with Crippen molar-refractivity contribution in [3.05, 3.63) is 11.4 Å². The van der Waals surface area contributed by atoms with Gasteiger partial charge < -0.3 is 4.74 Å². The van der Waals surface area contributed by atoms with E-state index in [1.165, 1.54) is 37.7 Å². The summed E-state index contributed by atoms with van der Waals surface area (Å²) in [5.74, 6) is 0.463. The number of ether oxygens (including phenoxy) is 1. The van der Waals surface area contributed by atoms with Gasteiger partial charge in [0.1, 0.15) is 5.75 Å². The Kier molecular flexibility index (Phi) is 5.07. The van der Waals surface area contributed by atoms with Gasteiger partial charge in [0.05, 0.1) is 7.11 Å². The first-order valence-electron chi connectivity index (χ1n) is 7.98. The molecule has 2 aliphatic rings. The van der Waals surface area contributed by atoms with E-state index in [1.807, 2.05) is 0 Å².